The molecule has 1 aliphatic heterocycles. The van der Waals surface area contributed by atoms with Gasteiger partial charge in [-0.05, 0) is 36.5 Å². The van der Waals surface area contributed by atoms with Crippen molar-refractivity contribution in [3.05, 3.63) is 23.4 Å². The molecule has 106 valence electrons. The van der Waals surface area contributed by atoms with Gasteiger partial charge in [-0.25, -0.2) is 4.98 Å². The summed E-state index contributed by atoms with van der Waals surface area (Å²) in [6, 6.07) is 5.03. The van der Waals surface area contributed by atoms with Gasteiger partial charge in [0.1, 0.15) is 5.82 Å². The maximum Gasteiger partial charge on any atom is 0.129 e. The molecule has 0 aromatic carbocycles. The first-order chi connectivity index (χ1) is 9.06. The zero-order valence-corrected chi connectivity index (χ0v) is 12.7. The second-order valence-electron chi connectivity index (χ2n) is 6.14. The van der Waals surface area contributed by atoms with Crippen LogP contribution in [0.25, 0.3) is 0 Å². The summed E-state index contributed by atoms with van der Waals surface area (Å²) in [7, 11) is 0. The molecule has 1 fully saturated rings. The van der Waals surface area contributed by atoms with Crippen LogP contribution in [0.3, 0.4) is 0 Å². The summed E-state index contributed by atoms with van der Waals surface area (Å²) < 4.78 is 0. The lowest BCUT2D eigenvalue weighted by atomic mass is 10.1. The van der Waals surface area contributed by atoms with Crippen LogP contribution < -0.4 is 10.2 Å². The normalized spacial score (nSPS) is 15.8. The maximum absolute atomic E-state index is 4.84. The summed E-state index contributed by atoms with van der Waals surface area (Å²) in [4.78, 5) is 7.26. The molecule has 0 aliphatic carbocycles. The molecular weight excluding hydrogens is 234 g/mol. The van der Waals surface area contributed by atoms with E-state index in [1.165, 1.54) is 29.9 Å². The average molecular weight is 261 g/mol. The highest BCUT2D eigenvalue weighted by atomic mass is 15.2. The summed E-state index contributed by atoms with van der Waals surface area (Å²) in [5, 5.41) is 3.50. The zero-order valence-electron chi connectivity index (χ0n) is 12.7. The van der Waals surface area contributed by atoms with Crippen LogP contribution in [-0.2, 0) is 6.54 Å². The highest BCUT2D eigenvalue weighted by Gasteiger charge is 2.16. The van der Waals surface area contributed by atoms with Crippen LogP contribution in [0.5, 0.6) is 0 Å². The Labute approximate surface area is 117 Å². The Morgan fingerprint density at radius 2 is 1.84 bits per heavy atom. The fourth-order valence-electron chi connectivity index (χ4n) is 2.42. The fourth-order valence-corrected chi connectivity index (χ4v) is 2.42. The maximum atomic E-state index is 4.84. The van der Waals surface area contributed by atoms with Gasteiger partial charge in [0, 0.05) is 31.4 Å². The topological polar surface area (TPSA) is 28.2 Å². The van der Waals surface area contributed by atoms with Crippen molar-refractivity contribution in [2.24, 2.45) is 0 Å². The third kappa shape index (κ3) is 3.93. The Balaban J connectivity index is 2.21. The molecule has 0 spiro atoms. The third-order valence-electron chi connectivity index (χ3n) is 3.63. The van der Waals surface area contributed by atoms with E-state index in [0.717, 1.165) is 19.6 Å². The van der Waals surface area contributed by atoms with Crippen LogP contribution in [0.1, 0.15) is 57.7 Å². The minimum absolute atomic E-state index is 0.486. The Bertz CT molecular complexity index is 406. The van der Waals surface area contributed by atoms with Gasteiger partial charge >= 0.3 is 0 Å². The van der Waals surface area contributed by atoms with Crippen LogP contribution >= 0.6 is 0 Å². The van der Waals surface area contributed by atoms with Crippen molar-refractivity contribution >= 4 is 5.82 Å². The molecule has 1 aromatic heterocycles. The van der Waals surface area contributed by atoms with E-state index in [9.17, 15) is 0 Å². The van der Waals surface area contributed by atoms with Crippen molar-refractivity contribution in [1.29, 1.82) is 0 Å². The highest BCUT2D eigenvalue weighted by molar-refractivity contribution is 5.44. The lowest BCUT2D eigenvalue weighted by Crippen LogP contribution is -2.23. The monoisotopic (exact) mass is 261 g/mol. The van der Waals surface area contributed by atoms with Crippen LogP contribution in [0.4, 0.5) is 5.82 Å². The smallest absolute Gasteiger partial charge is 0.129 e. The Morgan fingerprint density at radius 1 is 1.16 bits per heavy atom. The van der Waals surface area contributed by atoms with Gasteiger partial charge in [-0.3, -0.25) is 0 Å². The van der Waals surface area contributed by atoms with Crippen LogP contribution in [0, 0.1) is 0 Å². The summed E-state index contributed by atoms with van der Waals surface area (Å²) in [6.07, 6.45) is 2.60. The van der Waals surface area contributed by atoms with Crippen molar-refractivity contribution in [3.63, 3.8) is 0 Å². The molecule has 0 radical (unpaired) electrons. The van der Waals surface area contributed by atoms with Crippen molar-refractivity contribution in [3.8, 4) is 0 Å². The highest BCUT2D eigenvalue weighted by Crippen LogP contribution is 2.23. The number of pyridine rings is 1. The standard InChI is InChI=1S/C16H27N3/c1-12(2)15-9-14(11-17-13(3)4)10-16(18-15)19-7-5-6-8-19/h9-10,12-13,17H,5-8,11H2,1-4H3. The lowest BCUT2D eigenvalue weighted by Gasteiger charge is -2.20. The molecule has 2 rings (SSSR count). The molecule has 1 saturated heterocycles. The number of nitrogens with one attached hydrogen (secondary N) is 1. The minimum atomic E-state index is 0.486. The van der Waals surface area contributed by atoms with E-state index in [1.54, 1.807) is 0 Å². The fraction of sp³-hybridized carbons (Fsp3) is 0.688. The molecule has 1 aliphatic rings. The largest absolute Gasteiger partial charge is 0.357 e. The number of aromatic nitrogens is 1. The second-order valence-corrected chi connectivity index (χ2v) is 6.14. The van der Waals surface area contributed by atoms with E-state index < -0.39 is 0 Å². The molecule has 1 N–H and O–H groups in total. The SMILES string of the molecule is CC(C)NCc1cc(C(C)C)nc(N2CCCC2)c1. The van der Waals surface area contributed by atoms with Gasteiger partial charge in [0.25, 0.3) is 0 Å². The van der Waals surface area contributed by atoms with Crippen molar-refractivity contribution in [2.75, 3.05) is 18.0 Å². The van der Waals surface area contributed by atoms with E-state index in [1.807, 2.05) is 0 Å². The molecule has 2 heterocycles. The minimum Gasteiger partial charge on any atom is -0.357 e. The van der Waals surface area contributed by atoms with Crippen molar-refractivity contribution < 1.29 is 0 Å². The van der Waals surface area contributed by atoms with Crippen molar-refractivity contribution in [2.45, 2.75) is 59.0 Å². The second kappa shape index (κ2) is 6.38. The lowest BCUT2D eigenvalue weighted by molar-refractivity contribution is 0.587. The molecule has 3 heteroatoms. The molecule has 19 heavy (non-hydrogen) atoms. The summed E-state index contributed by atoms with van der Waals surface area (Å²) in [5.74, 6) is 1.66. The number of hydrogen-bond acceptors (Lipinski definition) is 3. The van der Waals surface area contributed by atoms with Gasteiger partial charge in [-0.1, -0.05) is 27.7 Å². The molecule has 0 bridgehead atoms. The summed E-state index contributed by atoms with van der Waals surface area (Å²) in [6.45, 7) is 12.1. The number of anilines is 1. The predicted molar refractivity (Wildman–Crippen MR) is 81.7 cm³/mol. The molecular formula is C16H27N3. The van der Waals surface area contributed by atoms with Gasteiger partial charge < -0.3 is 10.2 Å². The van der Waals surface area contributed by atoms with Crippen LogP contribution in [0.2, 0.25) is 0 Å². The van der Waals surface area contributed by atoms with Crippen LogP contribution in [-0.4, -0.2) is 24.1 Å². The van der Waals surface area contributed by atoms with Gasteiger partial charge in [0.15, 0.2) is 0 Å². The Kier molecular flexibility index (Phi) is 4.81. The number of rotatable bonds is 5. The van der Waals surface area contributed by atoms with E-state index in [-0.39, 0.29) is 0 Å². The van der Waals surface area contributed by atoms with E-state index in [4.69, 9.17) is 4.98 Å². The molecule has 0 amide bonds. The molecule has 3 nitrogen and oxygen atoms in total. The van der Waals surface area contributed by atoms with Crippen LogP contribution in [0.15, 0.2) is 12.1 Å². The molecule has 0 saturated carbocycles. The number of nitrogens with zero attached hydrogens (tertiary/aromatic N) is 2. The molecule has 0 atom stereocenters. The Morgan fingerprint density at radius 3 is 2.42 bits per heavy atom. The molecule has 1 aromatic rings. The first-order valence-electron chi connectivity index (χ1n) is 7.55. The van der Waals surface area contributed by atoms with Gasteiger partial charge in [-0.15, -0.1) is 0 Å². The third-order valence-corrected chi connectivity index (χ3v) is 3.63. The van der Waals surface area contributed by atoms with Gasteiger partial charge in [0.05, 0.1) is 0 Å². The van der Waals surface area contributed by atoms with Crippen molar-refractivity contribution in [1.82, 2.24) is 10.3 Å². The first-order valence-corrected chi connectivity index (χ1v) is 7.55. The average Bonchev–Trinajstić information content (AvgIpc) is 2.89. The molecule has 0 unspecified atom stereocenters. The summed E-state index contributed by atoms with van der Waals surface area (Å²) in [5.41, 5.74) is 2.57. The summed E-state index contributed by atoms with van der Waals surface area (Å²) >= 11 is 0. The quantitative estimate of drug-likeness (QED) is 0.881. The van der Waals surface area contributed by atoms with Gasteiger partial charge in [0.2, 0.25) is 0 Å². The predicted octanol–water partition coefficient (Wildman–Crippen LogP) is 3.30. The Hall–Kier alpha value is -1.09. The van der Waals surface area contributed by atoms with Gasteiger partial charge in [-0.2, -0.15) is 0 Å². The van der Waals surface area contributed by atoms with E-state index in [2.05, 4.69) is 50.0 Å². The van der Waals surface area contributed by atoms with E-state index >= 15 is 0 Å². The number of hydrogen-bond donors (Lipinski definition) is 1. The zero-order chi connectivity index (χ0) is 13.8. The van der Waals surface area contributed by atoms with E-state index in [0.29, 0.717) is 12.0 Å². The first kappa shape index (κ1) is 14.3.